The van der Waals surface area contributed by atoms with Crippen molar-refractivity contribution >= 4 is 32.6 Å². The summed E-state index contributed by atoms with van der Waals surface area (Å²) in [5.74, 6) is -0.579. The Bertz CT molecular complexity index is 1430. The predicted molar refractivity (Wildman–Crippen MR) is 121 cm³/mol. The zero-order valence-electron chi connectivity index (χ0n) is 19.5. The normalized spacial score (nSPS) is 16.7. The van der Waals surface area contributed by atoms with Gasteiger partial charge in [-0.2, -0.15) is 13.2 Å². The highest BCUT2D eigenvalue weighted by molar-refractivity contribution is 7.90. The maximum absolute atomic E-state index is 13.6. The lowest BCUT2D eigenvalue weighted by Gasteiger charge is -2.38. The van der Waals surface area contributed by atoms with Crippen molar-refractivity contribution in [3.05, 3.63) is 41.0 Å². The van der Waals surface area contributed by atoms with Gasteiger partial charge in [0.25, 0.3) is 0 Å². The molecule has 1 aliphatic rings. The lowest BCUT2D eigenvalue weighted by Crippen LogP contribution is -2.42. The second-order valence-corrected chi connectivity index (χ2v) is 10.9. The van der Waals surface area contributed by atoms with Crippen molar-refractivity contribution in [1.29, 1.82) is 0 Å². The number of imidazole rings is 1. The average molecular weight is 512 g/mol. The molecule has 2 aromatic heterocycles. The van der Waals surface area contributed by atoms with Crippen LogP contribution in [0.5, 0.6) is 0 Å². The fourth-order valence-corrected chi connectivity index (χ4v) is 5.42. The minimum atomic E-state index is -4.84. The molecule has 3 aromatic rings. The topological polar surface area (TPSA) is 118 Å². The SMILES string of the molecule is CC(=O)c1cnc(N2CCn3c(nc4cc(CO)c(S(C)(=O)=O)cc43)[C@H]2C(C)C)nc1C(F)(F)F. The summed E-state index contributed by atoms with van der Waals surface area (Å²) in [5.41, 5.74) is -0.663. The van der Waals surface area contributed by atoms with Gasteiger partial charge in [0.15, 0.2) is 21.3 Å². The molecule has 1 N–H and O–H groups in total. The van der Waals surface area contributed by atoms with Crippen molar-refractivity contribution in [3.8, 4) is 0 Å². The number of ketones is 1. The van der Waals surface area contributed by atoms with E-state index in [1.165, 1.54) is 12.1 Å². The van der Waals surface area contributed by atoms with E-state index in [0.29, 0.717) is 16.9 Å². The number of sulfone groups is 1. The Morgan fingerprint density at radius 2 is 1.91 bits per heavy atom. The van der Waals surface area contributed by atoms with Crippen molar-refractivity contribution < 1.29 is 31.5 Å². The lowest BCUT2D eigenvalue weighted by molar-refractivity contribution is -0.141. The van der Waals surface area contributed by atoms with E-state index in [0.717, 1.165) is 19.4 Å². The zero-order valence-corrected chi connectivity index (χ0v) is 20.3. The number of Topliss-reactive ketones (excluding diaryl/α,β-unsaturated/α-hetero) is 1. The highest BCUT2D eigenvalue weighted by atomic mass is 32.2. The van der Waals surface area contributed by atoms with Gasteiger partial charge in [-0.25, -0.2) is 23.4 Å². The fourth-order valence-electron chi connectivity index (χ4n) is 4.50. The molecule has 0 aliphatic carbocycles. The number of fused-ring (bicyclic) bond motifs is 3. The number of benzene rings is 1. The van der Waals surface area contributed by atoms with E-state index in [-0.39, 0.29) is 35.4 Å². The molecule has 0 spiro atoms. The van der Waals surface area contributed by atoms with Crippen LogP contribution in [0.4, 0.5) is 19.1 Å². The molecule has 0 bridgehead atoms. The number of carbonyl (C=O) groups is 1. The molecule has 188 valence electrons. The molecule has 1 aliphatic heterocycles. The average Bonchev–Trinajstić information content (AvgIpc) is 3.13. The summed E-state index contributed by atoms with van der Waals surface area (Å²) >= 11 is 0. The van der Waals surface area contributed by atoms with E-state index >= 15 is 0 Å². The highest BCUT2D eigenvalue weighted by Gasteiger charge is 2.40. The van der Waals surface area contributed by atoms with Crippen LogP contribution in [0.3, 0.4) is 0 Å². The molecule has 0 unspecified atom stereocenters. The molecular weight excluding hydrogens is 487 g/mol. The molecule has 13 heteroatoms. The first kappa shape index (κ1) is 25.0. The number of aliphatic hydroxyl groups excluding tert-OH is 1. The Morgan fingerprint density at radius 3 is 2.46 bits per heavy atom. The van der Waals surface area contributed by atoms with Gasteiger partial charge in [0.2, 0.25) is 5.95 Å². The summed E-state index contributed by atoms with van der Waals surface area (Å²) in [6, 6.07) is 2.46. The molecule has 1 aromatic carbocycles. The van der Waals surface area contributed by atoms with Gasteiger partial charge in [0.05, 0.1) is 34.1 Å². The number of hydrogen-bond donors (Lipinski definition) is 1. The first-order chi connectivity index (χ1) is 16.2. The van der Waals surface area contributed by atoms with E-state index in [4.69, 9.17) is 0 Å². The molecule has 0 radical (unpaired) electrons. The number of anilines is 1. The van der Waals surface area contributed by atoms with Crippen LogP contribution < -0.4 is 4.90 Å². The Morgan fingerprint density at radius 1 is 1.23 bits per heavy atom. The molecule has 0 fully saturated rings. The number of aromatic nitrogens is 4. The monoisotopic (exact) mass is 511 g/mol. The summed E-state index contributed by atoms with van der Waals surface area (Å²) in [7, 11) is -3.62. The largest absolute Gasteiger partial charge is 0.434 e. The van der Waals surface area contributed by atoms with E-state index < -0.39 is 45.7 Å². The van der Waals surface area contributed by atoms with Crippen molar-refractivity contribution in [2.45, 2.75) is 51.0 Å². The quantitative estimate of drug-likeness (QED) is 0.519. The number of halogens is 3. The summed E-state index contributed by atoms with van der Waals surface area (Å²) in [6.07, 6.45) is -2.88. The Hall–Kier alpha value is -3.06. The van der Waals surface area contributed by atoms with Crippen LogP contribution in [0.25, 0.3) is 11.0 Å². The lowest BCUT2D eigenvalue weighted by atomic mass is 10.00. The third-order valence-corrected chi connectivity index (χ3v) is 7.19. The van der Waals surface area contributed by atoms with Crippen LogP contribution in [0, 0.1) is 5.92 Å². The van der Waals surface area contributed by atoms with Crippen LogP contribution in [0.1, 0.15) is 54.3 Å². The summed E-state index contributed by atoms with van der Waals surface area (Å²) in [6.45, 7) is 4.81. The Labute approximate surface area is 199 Å². The minimum absolute atomic E-state index is 0.00306. The molecule has 35 heavy (non-hydrogen) atoms. The number of aliphatic hydroxyl groups is 1. The van der Waals surface area contributed by atoms with Crippen LogP contribution in [-0.4, -0.2) is 51.6 Å². The van der Waals surface area contributed by atoms with Crippen LogP contribution >= 0.6 is 0 Å². The predicted octanol–water partition coefficient (Wildman–Crippen LogP) is 3.16. The Kier molecular flexibility index (Phi) is 6.12. The first-order valence-electron chi connectivity index (χ1n) is 10.8. The molecule has 9 nitrogen and oxygen atoms in total. The standard InChI is InChI=1S/C22H24F3N5O4S/c1-11(2)18-20-27-15-7-13(10-31)17(35(4,33)34)8-16(15)29(20)5-6-30(18)21-26-9-14(12(3)32)19(28-21)22(23,24)25/h7-9,11,18,31H,5-6,10H2,1-4H3/t18-/m1/s1. The number of nitrogens with zero attached hydrogens (tertiary/aromatic N) is 5. The van der Waals surface area contributed by atoms with Crippen LogP contribution in [0.2, 0.25) is 0 Å². The van der Waals surface area contributed by atoms with Crippen LogP contribution in [0.15, 0.2) is 23.2 Å². The highest BCUT2D eigenvalue weighted by Crippen LogP contribution is 2.38. The number of hydrogen-bond acceptors (Lipinski definition) is 8. The smallest absolute Gasteiger partial charge is 0.392 e. The van der Waals surface area contributed by atoms with Crippen molar-refractivity contribution in [1.82, 2.24) is 19.5 Å². The summed E-state index contributed by atoms with van der Waals surface area (Å²) in [4.78, 5) is 25.8. The molecule has 4 rings (SSSR count). The molecule has 3 heterocycles. The van der Waals surface area contributed by atoms with Crippen molar-refractivity contribution in [3.63, 3.8) is 0 Å². The van der Waals surface area contributed by atoms with Gasteiger partial charge >= 0.3 is 6.18 Å². The first-order valence-corrected chi connectivity index (χ1v) is 12.7. The van der Waals surface area contributed by atoms with E-state index in [9.17, 15) is 31.5 Å². The van der Waals surface area contributed by atoms with E-state index in [1.54, 1.807) is 4.90 Å². The third kappa shape index (κ3) is 4.38. The van der Waals surface area contributed by atoms with Gasteiger partial charge in [-0.15, -0.1) is 0 Å². The molecular formula is C22H24F3N5O4S. The van der Waals surface area contributed by atoms with Gasteiger partial charge in [-0.1, -0.05) is 13.8 Å². The Balaban J connectivity index is 1.88. The van der Waals surface area contributed by atoms with Crippen LogP contribution in [-0.2, 0) is 29.2 Å². The molecule has 0 saturated carbocycles. The maximum Gasteiger partial charge on any atom is 0.434 e. The molecule has 0 amide bonds. The third-order valence-electron chi connectivity index (χ3n) is 6.01. The van der Waals surface area contributed by atoms with Gasteiger partial charge in [-0.05, 0) is 30.5 Å². The van der Waals surface area contributed by atoms with Gasteiger partial charge in [0.1, 0.15) is 5.82 Å². The second-order valence-electron chi connectivity index (χ2n) is 8.87. The fraction of sp³-hybridized carbons (Fsp3) is 0.455. The van der Waals surface area contributed by atoms with Gasteiger partial charge in [0, 0.05) is 25.5 Å². The number of carbonyl (C=O) groups excluding carboxylic acids is 1. The summed E-state index contributed by atoms with van der Waals surface area (Å²) < 4.78 is 67.3. The summed E-state index contributed by atoms with van der Waals surface area (Å²) in [5, 5.41) is 9.69. The maximum atomic E-state index is 13.6. The number of rotatable bonds is 5. The minimum Gasteiger partial charge on any atom is -0.392 e. The van der Waals surface area contributed by atoms with E-state index in [1.807, 2.05) is 18.4 Å². The number of alkyl halides is 3. The van der Waals surface area contributed by atoms with E-state index in [2.05, 4.69) is 15.0 Å². The molecule has 0 saturated heterocycles. The molecule has 1 atom stereocenters. The van der Waals surface area contributed by atoms with Gasteiger partial charge in [-0.3, -0.25) is 4.79 Å². The van der Waals surface area contributed by atoms with Crippen molar-refractivity contribution in [2.75, 3.05) is 17.7 Å². The zero-order chi connectivity index (χ0) is 25.9. The van der Waals surface area contributed by atoms with Gasteiger partial charge < -0.3 is 14.6 Å². The second kappa shape index (κ2) is 8.55. The van der Waals surface area contributed by atoms with Crippen molar-refractivity contribution in [2.24, 2.45) is 5.92 Å².